The first-order chi connectivity index (χ1) is 13.5. The predicted molar refractivity (Wildman–Crippen MR) is 116 cm³/mol. The van der Waals surface area contributed by atoms with Crippen molar-refractivity contribution in [2.45, 2.75) is 50.6 Å². The van der Waals surface area contributed by atoms with E-state index in [1.807, 2.05) is 31.2 Å². The summed E-state index contributed by atoms with van der Waals surface area (Å²) in [5.74, 6) is 0.425. The molecule has 0 aliphatic heterocycles. The molecule has 1 aliphatic rings. The normalized spacial score (nSPS) is 20.2. The van der Waals surface area contributed by atoms with Gasteiger partial charge in [0.25, 0.3) is 0 Å². The second-order valence-corrected chi connectivity index (χ2v) is 7.43. The van der Waals surface area contributed by atoms with Gasteiger partial charge in [-0.15, -0.1) is 0 Å². The van der Waals surface area contributed by atoms with Crippen molar-refractivity contribution in [1.29, 1.82) is 10.8 Å². The van der Waals surface area contributed by atoms with Crippen LogP contribution in [0.15, 0.2) is 37.0 Å². The van der Waals surface area contributed by atoms with Crippen molar-refractivity contribution in [3.8, 4) is 0 Å². The Morgan fingerprint density at radius 2 is 1.96 bits per heavy atom. The lowest BCUT2D eigenvalue weighted by molar-refractivity contribution is 0.410. The van der Waals surface area contributed by atoms with Crippen molar-refractivity contribution in [3.63, 3.8) is 0 Å². The van der Waals surface area contributed by atoms with Gasteiger partial charge in [0.1, 0.15) is 5.82 Å². The van der Waals surface area contributed by atoms with Crippen molar-refractivity contribution in [1.82, 2.24) is 9.97 Å². The van der Waals surface area contributed by atoms with E-state index in [1.165, 1.54) is 12.4 Å². The van der Waals surface area contributed by atoms with Crippen LogP contribution >= 0.6 is 0 Å². The van der Waals surface area contributed by atoms with Crippen LogP contribution in [0.4, 0.5) is 5.82 Å². The van der Waals surface area contributed by atoms with E-state index in [0.29, 0.717) is 17.8 Å². The summed E-state index contributed by atoms with van der Waals surface area (Å²) in [4.78, 5) is 9.14. The molecule has 5 N–H and O–H groups in total. The fraction of sp³-hybridized carbons (Fsp3) is 0.364. The van der Waals surface area contributed by atoms with E-state index < -0.39 is 5.92 Å². The molecule has 2 heterocycles. The lowest BCUT2D eigenvalue weighted by Gasteiger charge is -2.27. The molecule has 1 fully saturated rings. The monoisotopic (exact) mass is 376 g/mol. The van der Waals surface area contributed by atoms with Crippen LogP contribution in [0.2, 0.25) is 0 Å². The summed E-state index contributed by atoms with van der Waals surface area (Å²) in [6.07, 6.45) is 8.43. The van der Waals surface area contributed by atoms with Gasteiger partial charge in [0.2, 0.25) is 0 Å². The first-order valence-electron chi connectivity index (χ1n) is 9.68. The van der Waals surface area contributed by atoms with Gasteiger partial charge in [0.15, 0.2) is 0 Å². The Morgan fingerprint density at radius 3 is 2.64 bits per heavy atom. The first-order valence-corrected chi connectivity index (χ1v) is 9.68. The minimum absolute atomic E-state index is 0.326. The van der Waals surface area contributed by atoms with E-state index in [1.54, 1.807) is 6.20 Å². The number of hydrogen-bond donors (Lipinski definition) is 4. The van der Waals surface area contributed by atoms with Crippen molar-refractivity contribution in [2.24, 2.45) is 5.73 Å². The summed E-state index contributed by atoms with van der Waals surface area (Å²) < 4.78 is 0. The smallest absolute Gasteiger partial charge is 0.126 e. The van der Waals surface area contributed by atoms with Gasteiger partial charge in [0.05, 0.1) is 17.3 Å². The largest absolute Gasteiger partial charge is 0.367 e. The molecule has 0 saturated heterocycles. The Labute approximate surface area is 166 Å². The van der Waals surface area contributed by atoms with E-state index in [0.717, 1.165) is 53.9 Å². The third-order valence-electron chi connectivity index (χ3n) is 5.33. The molecular formula is C22H28N6. The van der Waals surface area contributed by atoms with Crippen molar-refractivity contribution >= 4 is 23.8 Å². The molecule has 0 atom stereocenters. The summed E-state index contributed by atoms with van der Waals surface area (Å²) >= 11 is 0. The maximum absolute atomic E-state index is 7.49. The second-order valence-electron chi connectivity index (χ2n) is 7.43. The van der Waals surface area contributed by atoms with Gasteiger partial charge in [-0.25, -0.2) is 4.98 Å². The van der Waals surface area contributed by atoms with Crippen LogP contribution in [0.1, 0.15) is 54.1 Å². The molecule has 28 heavy (non-hydrogen) atoms. The van der Waals surface area contributed by atoms with Crippen molar-refractivity contribution in [3.05, 3.63) is 59.6 Å². The van der Waals surface area contributed by atoms with Crippen LogP contribution < -0.4 is 11.1 Å². The van der Waals surface area contributed by atoms with Gasteiger partial charge < -0.3 is 21.9 Å². The highest BCUT2D eigenvalue weighted by Crippen LogP contribution is 2.27. The average Bonchev–Trinajstić information content (AvgIpc) is 2.71. The molecule has 6 heteroatoms. The molecule has 2 aromatic rings. The predicted octanol–water partition coefficient (Wildman–Crippen LogP) is 3.91. The summed E-state index contributed by atoms with van der Waals surface area (Å²) in [7, 11) is 0. The molecule has 0 amide bonds. The number of aromatic nitrogens is 2. The van der Waals surface area contributed by atoms with Crippen LogP contribution in [0.5, 0.6) is 0 Å². The number of aryl methyl sites for hydroxylation is 1. The maximum atomic E-state index is 7.49. The first kappa shape index (κ1) is 19.9. The van der Waals surface area contributed by atoms with Gasteiger partial charge in [0, 0.05) is 36.3 Å². The molecular weight excluding hydrogens is 348 g/mol. The average molecular weight is 377 g/mol. The quantitative estimate of drug-likeness (QED) is 0.549. The number of nitrogens with one attached hydrogen (secondary N) is 3. The summed E-state index contributed by atoms with van der Waals surface area (Å²) in [5, 5.41) is 18.5. The van der Waals surface area contributed by atoms with Crippen LogP contribution in [-0.4, -0.2) is 34.5 Å². The SMILES string of the molecule is C=C(c1cccc(NC2CCC(N)CC2)n1)c1cc(C(C=N)C=N)ncc1C. The number of pyridine rings is 2. The number of nitrogens with zero attached hydrogens (tertiary/aromatic N) is 2. The van der Waals surface area contributed by atoms with Gasteiger partial charge in [-0.05, 0) is 61.9 Å². The highest BCUT2D eigenvalue weighted by atomic mass is 15.0. The van der Waals surface area contributed by atoms with E-state index in [4.69, 9.17) is 21.5 Å². The third kappa shape index (κ3) is 4.51. The van der Waals surface area contributed by atoms with Gasteiger partial charge >= 0.3 is 0 Å². The minimum atomic E-state index is -0.425. The number of anilines is 1. The number of hydrogen-bond acceptors (Lipinski definition) is 6. The van der Waals surface area contributed by atoms with Crippen LogP contribution in [0.3, 0.4) is 0 Å². The molecule has 1 saturated carbocycles. The van der Waals surface area contributed by atoms with E-state index in [2.05, 4.69) is 16.9 Å². The zero-order valence-electron chi connectivity index (χ0n) is 16.3. The van der Waals surface area contributed by atoms with Crippen LogP contribution in [0.25, 0.3) is 5.57 Å². The van der Waals surface area contributed by atoms with Crippen molar-refractivity contribution in [2.75, 3.05) is 5.32 Å². The topological polar surface area (TPSA) is 112 Å². The molecule has 0 spiro atoms. The maximum Gasteiger partial charge on any atom is 0.126 e. The van der Waals surface area contributed by atoms with Crippen LogP contribution in [0, 0.1) is 17.7 Å². The zero-order valence-corrected chi connectivity index (χ0v) is 16.3. The molecule has 0 aromatic carbocycles. The highest BCUT2D eigenvalue weighted by Gasteiger charge is 2.19. The minimum Gasteiger partial charge on any atom is -0.367 e. The highest BCUT2D eigenvalue weighted by molar-refractivity contribution is 5.88. The van der Waals surface area contributed by atoms with Gasteiger partial charge in [-0.1, -0.05) is 12.6 Å². The van der Waals surface area contributed by atoms with Gasteiger partial charge in [-0.3, -0.25) is 4.98 Å². The summed E-state index contributed by atoms with van der Waals surface area (Å²) in [6.45, 7) is 6.24. The molecule has 1 aliphatic carbocycles. The third-order valence-corrected chi connectivity index (χ3v) is 5.33. The molecule has 2 aromatic heterocycles. The zero-order chi connectivity index (χ0) is 20.1. The number of nitrogens with two attached hydrogens (primary N) is 1. The summed E-state index contributed by atoms with van der Waals surface area (Å²) in [6, 6.07) is 8.56. The van der Waals surface area contributed by atoms with Crippen LogP contribution in [-0.2, 0) is 0 Å². The Bertz CT molecular complexity index is 859. The Balaban J connectivity index is 1.82. The molecule has 146 valence electrons. The number of rotatable bonds is 7. The molecule has 0 bridgehead atoms. The van der Waals surface area contributed by atoms with Crippen molar-refractivity contribution < 1.29 is 0 Å². The molecule has 0 unspecified atom stereocenters. The standard InChI is InChI=1S/C22H28N6/c1-14-13-26-21(16(11-23)12-24)10-19(14)15(2)20-4-3-5-22(28-20)27-18-8-6-17(25)7-9-18/h3-5,10-13,16-18,23-24H,2,6-9,25H2,1H3,(H,27,28). The Hall–Kier alpha value is -2.86. The Morgan fingerprint density at radius 1 is 1.25 bits per heavy atom. The van der Waals surface area contributed by atoms with Gasteiger partial charge in [-0.2, -0.15) is 0 Å². The van der Waals surface area contributed by atoms with E-state index in [-0.39, 0.29) is 0 Å². The lowest BCUT2D eigenvalue weighted by Crippen LogP contribution is -2.33. The van der Waals surface area contributed by atoms with E-state index in [9.17, 15) is 0 Å². The fourth-order valence-electron chi connectivity index (χ4n) is 3.56. The second kappa shape index (κ2) is 8.89. The molecule has 0 radical (unpaired) electrons. The molecule has 6 nitrogen and oxygen atoms in total. The fourth-order valence-corrected chi connectivity index (χ4v) is 3.56. The summed E-state index contributed by atoms with van der Waals surface area (Å²) in [5.41, 5.74) is 10.2. The van der Waals surface area contributed by atoms with E-state index >= 15 is 0 Å². The molecule has 3 rings (SSSR count). The Kier molecular flexibility index (Phi) is 6.31. The lowest BCUT2D eigenvalue weighted by atomic mass is 9.92.